The van der Waals surface area contributed by atoms with Crippen molar-refractivity contribution in [2.24, 2.45) is 4.99 Å². The Morgan fingerprint density at radius 2 is 1.85 bits per heavy atom. The smallest absolute Gasteiger partial charge is 0.363 e. The normalized spacial score (nSPS) is 15.6. The lowest BCUT2D eigenvalue weighted by molar-refractivity contribution is -0.129. The average Bonchev–Trinajstić information content (AvgIpc) is 3.10. The van der Waals surface area contributed by atoms with Crippen molar-refractivity contribution in [3.05, 3.63) is 73.2 Å². The first-order valence-corrected chi connectivity index (χ1v) is 9.54. The van der Waals surface area contributed by atoms with E-state index in [1.54, 1.807) is 18.2 Å². The van der Waals surface area contributed by atoms with E-state index in [1.807, 2.05) is 31.2 Å². The number of fused-ring (bicyclic) bond motifs is 1. The van der Waals surface area contributed by atoms with Crippen LogP contribution in [-0.4, -0.2) is 11.9 Å². The highest BCUT2D eigenvalue weighted by molar-refractivity contribution is 7.21. The fraction of sp³-hybridized carbons (Fsp3) is 0.0526. The predicted molar refractivity (Wildman–Crippen MR) is 109 cm³/mol. The number of hydrogen-bond acceptors (Lipinski definition) is 4. The van der Waals surface area contributed by atoms with Gasteiger partial charge in [-0.1, -0.05) is 64.6 Å². The second kappa shape index (κ2) is 6.71. The lowest BCUT2D eigenvalue weighted by atomic mass is 10.1. The molecule has 0 radical (unpaired) electrons. The highest BCUT2D eigenvalue weighted by atomic mass is 35.5. The van der Waals surface area contributed by atoms with Crippen LogP contribution in [0.25, 0.3) is 16.2 Å². The molecule has 7 heteroatoms. The van der Waals surface area contributed by atoms with Crippen LogP contribution in [0.1, 0.15) is 16.0 Å². The van der Waals surface area contributed by atoms with Crippen LogP contribution in [0.3, 0.4) is 0 Å². The van der Waals surface area contributed by atoms with Gasteiger partial charge in [0, 0.05) is 15.1 Å². The van der Waals surface area contributed by atoms with Gasteiger partial charge in [-0.3, -0.25) is 0 Å². The monoisotopic (exact) mass is 421 g/mol. The Hall–Kier alpha value is -1.85. The summed E-state index contributed by atoms with van der Waals surface area (Å²) in [6.45, 7) is 2.00. The van der Waals surface area contributed by atoms with Crippen molar-refractivity contribution in [3.63, 3.8) is 0 Å². The summed E-state index contributed by atoms with van der Waals surface area (Å²) >= 11 is 20.1. The molecular weight excluding hydrogens is 413 g/mol. The summed E-state index contributed by atoms with van der Waals surface area (Å²) in [6.07, 6.45) is 1.68. The summed E-state index contributed by atoms with van der Waals surface area (Å²) in [5, 5.41) is 2.03. The number of ether oxygens (including phenoxy) is 1. The molecule has 0 saturated heterocycles. The molecule has 2 aromatic carbocycles. The van der Waals surface area contributed by atoms with E-state index < -0.39 is 5.97 Å². The van der Waals surface area contributed by atoms with E-state index in [-0.39, 0.29) is 11.6 Å². The van der Waals surface area contributed by atoms with Gasteiger partial charge in [0.2, 0.25) is 5.90 Å². The Kier molecular flexibility index (Phi) is 4.53. The summed E-state index contributed by atoms with van der Waals surface area (Å²) in [7, 11) is 0. The van der Waals surface area contributed by atoms with E-state index in [0.717, 1.165) is 15.8 Å². The topological polar surface area (TPSA) is 38.7 Å². The molecule has 3 nitrogen and oxygen atoms in total. The number of carbonyl (C=O) groups excluding carboxylic acids is 1. The van der Waals surface area contributed by atoms with E-state index in [4.69, 9.17) is 39.5 Å². The quantitative estimate of drug-likeness (QED) is 0.348. The molecule has 130 valence electrons. The van der Waals surface area contributed by atoms with Gasteiger partial charge in [0.05, 0.1) is 10.0 Å². The zero-order valence-electron chi connectivity index (χ0n) is 13.3. The molecule has 0 bridgehead atoms. The summed E-state index contributed by atoms with van der Waals surface area (Å²) in [5.41, 5.74) is 2.23. The van der Waals surface area contributed by atoms with Gasteiger partial charge in [-0.2, -0.15) is 0 Å². The van der Waals surface area contributed by atoms with E-state index >= 15 is 0 Å². The van der Waals surface area contributed by atoms with Gasteiger partial charge in [0.25, 0.3) is 0 Å². The highest BCUT2D eigenvalue weighted by Gasteiger charge is 2.28. The number of benzene rings is 2. The van der Waals surface area contributed by atoms with Crippen LogP contribution in [0.2, 0.25) is 15.1 Å². The van der Waals surface area contributed by atoms with Crippen molar-refractivity contribution in [1.82, 2.24) is 0 Å². The number of thiophene rings is 1. The molecule has 26 heavy (non-hydrogen) atoms. The van der Waals surface area contributed by atoms with Crippen LogP contribution in [-0.2, 0) is 9.53 Å². The Labute approximate surface area is 168 Å². The minimum Gasteiger partial charge on any atom is -0.401 e. The van der Waals surface area contributed by atoms with Crippen LogP contribution in [0.5, 0.6) is 0 Å². The van der Waals surface area contributed by atoms with Gasteiger partial charge in [-0.25, -0.2) is 9.79 Å². The average molecular weight is 423 g/mol. The minimum absolute atomic E-state index is 0.173. The standard InChI is InChI=1S/C19H10Cl3NO2S/c1-9-2-4-10(5-3-9)6-13-19(24)25-18(23-13)17-16(22)15-12(21)7-11(20)8-14(15)26-17/h2-8H,1H3/b13-6-. The lowest BCUT2D eigenvalue weighted by Gasteiger charge is -1.97. The van der Waals surface area contributed by atoms with Crippen molar-refractivity contribution < 1.29 is 9.53 Å². The van der Waals surface area contributed by atoms with Crippen molar-refractivity contribution in [2.75, 3.05) is 0 Å². The fourth-order valence-electron chi connectivity index (χ4n) is 2.58. The Morgan fingerprint density at radius 1 is 1.12 bits per heavy atom. The van der Waals surface area contributed by atoms with E-state index in [0.29, 0.717) is 25.3 Å². The zero-order valence-corrected chi connectivity index (χ0v) is 16.4. The van der Waals surface area contributed by atoms with E-state index in [2.05, 4.69) is 4.99 Å². The van der Waals surface area contributed by atoms with Crippen LogP contribution in [0.4, 0.5) is 0 Å². The molecule has 0 saturated carbocycles. The summed E-state index contributed by atoms with van der Waals surface area (Å²) in [4.78, 5) is 17.1. The molecule has 0 fully saturated rings. The first-order valence-electron chi connectivity index (χ1n) is 7.59. The third-order valence-corrected chi connectivity index (χ3v) is 5.98. The number of aliphatic imine (C=N–C) groups is 1. The van der Waals surface area contributed by atoms with Gasteiger partial charge in [-0.05, 0) is 30.7 Å². The third kappa shape index (κ3) is 3.14. The Bertz CT molecular complexity index is 1110. The van der Waals surface area contributed by atoms with Crippen molar-refractivity contribution >= 4 is 74.2 Å². The summed E-state index contributed by atoms with van der Waals surface area (Å²) in [5.74, 6) is -0.343. The number of carbonyl (C=O) groups is 1. The van der Waals surface area contributed by atoms with Gasteiger partial charge in [0.15, 0.2) is 5.70 Å². The van der Waals surface area contributed by atoms with Crippen LogP contribution < -0.4 is 0 Å². The predicted octanol–water partition coefficient (Wildman–Crippen LogP) is 6.51. The molecule has 1 aliphatic rings. The van der Waals surface area contributed by atoms with Crippen LogP contribution in [0, 0.1) is 6.92 Å². The molecule has 3 aromatic rings. The van der Waals surface area contributed by atoms with Crippen LogP contribution in [0.15, 0.2) is 47.1 Å². The maximum absolute atomic E-state index is 12.2. The molecule has 0 atom stereocenters. The number of aryl methyl sites for hydroxylation is 1. The highest BCUT2D eigenvalue weighted by Crippen LogP contribution is 2.42. The first-order chi connectivity index (χ1) is 12.4. The Balaban J connectivity index is 1.78. The number of cyclic esters (lactones) is 1. The number of hydrogen-bond donors (Lipinski definition) is 0. The summed E-state index contributed by atoms with van der Waals surface area (Å²) in [6, 6.07) is 11.1. The van der Waals surface area contributed by atoms with E-state index in [1.165, 1.54) is 11.3 Å². The maximum atomic E-state index is 12.2. The number of nitrogens with zero attached hydrogens (tertiary/aromatic N) is 1. The van der Waals surface area contributed by atoms with Crippen LogP contribution >= 0.6 is 46.1 Å². The molecule has 0 spiro atoms. The van der Waals surface area contributed by atoms with Gasteiger partial charge in [-0.15, -0.1) is 11.3 Å². The molecule has 1 aromatic heterocycles. The second-order valence-corrected chi connectivity index (χ2v) is 8.03. The second-order valence-electron chi connectivity index (χ2n) is 5.75. The number of rotatable bonds is 2. The van der Waals surface area contributed by atoms with Gasteiger partial charge in [0.1, 0.15) is 4.88 Å². The van der Waals surface area contributed by atoms with Crippen molar-refractivity contribution in [3.8, 4) is 0 Å². The minimum atomic E-state index is -0.516. The van der Waals surface area contributed by atoms with Crippen molar-refractivity contribution in [1.29, 1.82) is 0 Å². The third-order valence-electron chi connectivity index (χ3n) is 3.85. The lowest BCUT2D eigenvalue weighted by Crippen LogP contribution is -2.04. The molecule has 0 amide bonds. The molecule has 4 rings (SSSR count). The molecule has 0 aliphatic carbocycles. The Morgan fingerprint density at radius 3 is 2.58 bits per heavy atom. The first kappa shape index (κ1) is 17.6. The van der Waals surface area contributed by atoms with E-state index in [9.17, 15) is 4.79 Å². The number of halogens is 3. The molecule has 0 N–H and O–H groups in total. The van der Waals surface area contributed by atoms with Gasteiger partial charge < -0.3 is 4.74 Å². The molecule has 0 unspecified atom stereocenters. The molecule has 2 heterocycles. The van der Waals surface area contributed by atoms with Crippen molar-refractivity contribution in [2.45, 2.75) is 6.92 Å². The van der Waals surface area contributed by atoms with Gasteiger partial charge >= 0.3 is 5.97 Å². The fourth-order valence-corrected chi connectivity index (χ4v) is 4.88. The number of esters is 1. The largest absolute Gasteiger partial charge is 0.401 e. The molecular formula is C19H10Cl3NO2S. The molecule has 1 aliphatic heterocycles. The SMILES string of the molecule is Cc1ccc(/C=C2\N=C(c3sc4cc(Cl)cc(Cl)c4c3Cl)OC2=O)cc1. The summed E-state index contributed by atoms with van der Waals surface area (Å²) < 4.78 is 6.13. The maximum Gasteiger partial charge on any atom is 0.363 e. The zero-order chi connectivity index (χ0) is 18.4.